The smallest absolute Gasteiger partial charge is 0.0789 e. The molecule has 0 spiro atoms. The van der Waals surface area contributed by atoms with Crippen LogP contribution in [0.1, 0.15) is 62.8 Å². The van der Waals surface area contributed by atoms with E-state index in [1.54, 1.807) is 0 Å². The number of rotatable bonds is 5. The number of fused-ring (bicyclic) bond motifs is 1. The van der Waals surface area contributed by atoms with Crippen molar-refractivity contribution in [1.29, 1.82) is 0 Å². The Kier molecular flexibility index (Phi) is 7.82. The van der Waals surface area contributed by atoms with Crippen molar-refractivity contribution in [3.63, 3.8) is 0 Å². The van der Waals surface area contributed by atoms with Gasteiger partial charge in [-0.05, 0) is 129 Å². The molecule has 0 radical (unpaired) electrons. The molecular weight excluding hydrogens is 610 g/mol. The van der Waals surface area contributed by atoms with Crippen LogP contribution in [0.2, 0.25) is 5.02 Å². The van der Waals surface area contributed by atoms with E-state index in [9.17, 15) is 0 Å². The van der Waals surface area contributed by atoms with Gasteiger partial charge in [-0.3, -0.25) is 0 Å². The third kappa shape index (κ3) is 5.45. The fourth-order valence-electron chi connectivity index (χ4n) is 6.77. The van der Waals surface area contributed by atoms with Crippen molar-refractivity contribution < 1.29 is 0 Å². The molecule has 218 valence electrons. The van der Waals surface area contributed by atoms with E-state index >= 15 is 0 Å². The summed E-state index contributed by atoms with van der Waals surface area (Å²) in [6, 6.07) is 37.3. The molecule has 5 aromatic rings. The molecule has 0 heterocycles. The van der Waals surface area contributed by atoms with Crippen LogP contribution in [0.25, 0.3) is 22.3 Å². The number of anilines is 3. The predicted octanol–water partition coefficient (Wildman–Crippen LogP) is 12.9. The molecule has 0 fully saturated rings. The topological polar surface area (TPSA) is 3.24 Å². The zero-order valence-corrected chi connectivity index (χ0v) is 28.3. The number of benzene rings is 5. The molecule has 0 N–H and O–H groups in total. The first-order valence-electron chi connectivity index (χ1n) is 15.1. The van der Waals surface area contributed by atoms with Crippen molar-refractivity contribution in [2.75, 3.05) is 4.90 Å². The Hall–Kier alpha value is -3.33. The molecule has 0 unspecified atom stereocenters. The maximum Gasteiger partial charge on any atom is 0.0789 e. The third-order valence-electron chi connectivity index (χ3n) is 9.33. The van der Waals surface area contributed by atoms with E-state index in [2.05, 4.69) is 166 Å². The van der Waals surface area contributed by atoms with Gasteiger partial charge in [0, 0.05) is 15.7 Å². The zero-order valence-electron chi connectivity index (χ0n) is 25.9. The standard InChI is InChI=1S/C40H39BrClN/c1-26-14-13-15-27(2)37(26)29-22-34(41)38(42)36(23-29)43(30-18-11-8-12-19-30)35-25-33-32(39(3,4)20-21-40(33,5)6)24-31(35)28-16-9-7-10-17-28/h7-19,22-25H,20-21H2,1-6H3. The average molecular weight is 649 g/mol. The van der Waals surface area contributed by atoms with Crippen LogP contribution in [0.3, 0.4) is 0 Å². The third-order valence-corrected chi connectivity index (χ3v) is 10.6. The fraction of sp³-hybridized carbons (Fsp3) is 0.250. The highest BCUT2D eigenvalue weighted by Gasteiger charge is 2.38. The Bertz CT molecular complexity index is 1780. The van der Waals surface area contributed by atoms with Crippen LogP contribution < -0.4 is 4.90 Å². The molecule has 0 saturated carbocycles. The number of aryl methyl sites for hydroxylation is 2. The van der Waals surface area contributed by atoms with Crippen LogP contribution in [0.15, 0.2) is 108 Å². The minimum atomic E-state index is 0.0572. The number of hydrogen-bond acceptors (Lipinski definition) is 1. The van der Waals surface area contributed by atoms with E-state index in [-0.39, 0.29) is 10.8 Å². The van der Waals surface area contributed by atoms with Gasteiger partial charge in [-0.2, -0.15) is 0 Å². The van der Waals surface area contributed by atoms with Crippen LogP contribution in [0.4, 0.5) is 17.1 Å². The summed E-state index contributed by atoms with van der Waals surface area (Å²) in [4.78, 5) is 2.37. The first-order chi connectivity index (χ1) is 20.5. The minimum Gasteiger partial charge on any atom is -0.308 e. The Labute approximate surface area is 270 Å². The van der Waals surface area contributed by atoms with Crippen LogP contribution in [-0.2, 0) is 10.8 Å². The van der Waals surface area contributed by atoms with Gasteiger partial charge in [-0.1, -0.05) is 106 Å². The molecule has 43 heavy (non-hydrogen) atoms. The zero-order chi connectivity index (χ0) is 30.5. The Balaban J connectivity index is 1.71. The second-order valence-corrected chi connectivity index (χ2v) is 14.5. The average Bonchev–Trinajstić information content (AvgIpc) is 2.99. The van der Waals surface area contributed by atoms with Gasteiger partial charge in [-0.15, -0.1) is 0 Å². The van der Waals surface area contributed by atoms with Gasteiger partial charge in [0.05, 0.1) is 16.4 Å². The number of nitrogens with zero attached hydrogens (tertiary/aromatic N) is 1. The highest BCUT2D eigenvalue weighted by Crippen LogP contribution is 2.53. The molecule has 0 aromatic heterocycles. The molecule has 3 heteroatoms. The number of halogens is 2. The Morgan fingerprint density at radius 3 is 1.79 bits per heavy atom. The first-order valence-corrected chi connectivity index (χ1v) is 16.3. The summed E-state index contributed by atoms with van der Waals surface area (Å²) < 4.78 is 0.880. The number of para-hydroxylation sites is 1. The van der Waals surface area contributed by atoms with Gasteiger partial charge in [0.2, 0.25) is 0 Å². The lowest BCUT2D eigenvalue weighted by atomic mass is 9.62. The summed E-state index contributed by atoms with van der Waals surface area (Å²) in [5.74, 6) is 0. The summed E-state index contributed by atoms with van der Waals surface area (Å²) in [6.45, 7) is 13.9. The summed E-state index contributed by atoms with van der Waals surface area (Å²) in [5, 5.41) is 0.690. The minimum absolute atomic E-state index is 0.0572. The maximum absolute atomic E-state index is 7.28. The van der Waals surface area contributed by atoms with Gasteiger partial charge in [0.1, 0.15) is 0 Å². The first kappa shape index (κ1) is 29.7. The normalized spacial score (nSPS) is 15.2. The summed E-state index contributed by atoms with van der Waals surface area (Å²) >= 11 is 11.1. The van der Waals surface area contributed by atoms with Crippen molar-refractivity contribution in [3.8, 4) is 22.3 Å². The van der Waals surface area contributed by atoms with E-state index in [4.69, 9.17) is 11.6 Å². The van der Waals surface area contributed by atoms with Crippen LogP contribution in [0, 0.1) is 13.8 Å². The molecular formula is C40H39BrClN. The summed E-state index contributed by atoms with van der Waals surface area (Å²) in [6.07, 6.45) is 2.32. The largest absolute Gasteiger partial charge is 0.308 e. The van der Waals surface area contributed by atoms with E-state index < -0.39 is 0 Å². The quantitative estimate of drug-likeness (QED) is 0.183. The van der Waals surface area contributed by atoms with Gasteiger partial charge >= 0.3 is 0 Å². The number of hydrogen-bond donors (Lipinski definition) is 0. The highest BCUT2D eigenvalue weighted by atomic mass is 79.9. The Morgan fingerprint density at radius 2 is 1.19 bits per heavy atom. The molecule has 6 rings (SSSR count). The van der Waals surface area contributed by atoms with E-state index in [1.807, 2.05) is 0 Å². The van der Waals surface area contributed by atoms with Crippen molar-refractivity contribution in [2.24, 2.45) is 0 Å². The van der Waals surface area contributed by atoms with Gasteiger partial charge < -0.3 is 4.90 Å². The summed E-state index contributed by atoms with van der Waals surface area (Å²) in [5.41, 5.74) is 13.4. The second kappa shape index (κ2) is 11.3. The molecule has 0 bridgehead atoms. The predicted molar refractivity (Wildman–Crippen MR) is 189 cm³/mol. The van der Waals surface area contributed by atoms with Crippen molar-refractivity contribution in [2.45, 2.75) is 65.2 Å². The SMILES string of the molecule is Cc1cccc(C)c1-c1cc(Br)c(Cl)c(N(c2ccccc2)c2cc3c(cc2-c2ccccc2)C(C)(C)CCC3(C)C)c1. The van der Waals surface area contributed by atoms with Gasteiger partial charge in [-0.25, -0.2) is 0 Å². The van der Waals surface area contributed by atoms with E-state index in [1.165, 1.54) is 45.4 Å². The van der Waals surface area contributed by atoms with Crippen LogP contribution >= 0.6 is 27.5 Å². The van der Waals surface area contributed by atoms with Crippen molar-refractivity contribution >= 4 is 44.6 Å². The maximum atomic E-state index is 7.28. The van der Waals surface area contributed by atoms with Gasteiger partial charge in [0.15, 0.2) is 0 Å². The van der Waals surface area contributed by atoms with Crippen LogP contribution in [-0.4, -0.2) is 0 Å². The lowest BCUT2D eigenvalue weighted by molar-refractivity contribution is 0.332. The molecule has 1 aliphatic rings. The molecule has 0 saturated heterocycles. The lowest BCUT2D eigenvalue weighted by Gasteiger charge is -2.43. The van der Waals surface area contributed by atoms with Gasteiger partial charge in [0.25, 0.3) is 0 Å². The monoisotopic (exact) mass is 647 g/mol. The molecule has 1 nitrogen and oxygen atoms in total. The van der Waals surface area contributed by atoms with Crippen molar-refractivity contribution in [1.82, 2.24) is 0 Å². The Morgan fingerprint density at radius 1 is 0.628 bits per heavy atom. The molecule has 5 aromatic carbocycles. The molecule has 0 aliphatic heterocycles. The molecule has 0 amide bonds. The second-order valence-electron chi connectivity index (χ2n) is 13.3. The van der Waals surface area contributed by atoms with E-state index in [0.717, 1.165) is 33.5 Å². The van der Waals surface area contributed by atoms with E-state index in [0.29, 0.717) is 5.02 Å². The lowest BCUT2D eigenvalue weighted by Crippen LogP contribution is -2.34. The highest BCUT2D eigenvalue weighted by molar-refractivity contribution is 9.10. The van der Waals surface area contributed by atoms with Crippen molar-refractivity contribution in [3.05, 3.63) is 135 Å². The fourth-order valence-corrected chi connectivity index (χ4v) is 7.42. The summed E-state index contributed by atoms with van der Waals surface area (Å²) in [7, 11) is 0. The molecule has 1 aliphatic carbocycles. The molecule has 0 atom stereocenters. The van der Waals surface area contributed by atoms with Crippen LogP contribution in [0.5, 0.6) is 0 Å².